The van der Waals surface area contributed by atoms with E-state index in [9.17, 15) is 13.2 Å². The Morgan fingerprint density at radius 1 is 1.45 bits per heavy atom. The smallest absolute Gasteiger partial charge is 0.422 e. The molecule has 1 amide bonds. The van der Waals surface area contributed by atoms with Crippen molar-refractivity contribution < 1.29 is 22.7 Å². The van der Waals surface area contributed by atoms with Crippen molar-refractivity contribution in [1.29, 1.82) is 5.41 Å². The van der Waals surface area contributed by atoms with Crippen LogP contribution in [0.3, 0.4) is 0 Å². The predicted octanol–water partition coefficient (Wildman–Crippen LogP) is 0.0141. The standard InChI is InChI=1S/C10H14N4O5S/c1-18-10(15)14-20(16,17)13-7-3-2-4-8(5-7)19-6-9(11)12/h2-5,13H,6H2,1H3,(H3,11,12)(H,14,15). The fraction of sp³-hybridized carbons (Fsp3) is 0.200. The van der Waals surface area contributed by atoms with E-state index in [0.29, 0.717) is 5.75 Å². The second kappa shape index (κ2) is 6.61. The zero-order valence-corrected chi connectivity index (χ0v) is 11.4. The molecule has 0 aliphatic heterocycles. The van der Waals surface area contributed by atoms with E-state index < -0.39 is 16.3 Å². The number of hydrogen-bond acceptors (Lipinski definition) is 6. The average Bonchev–Trinajstić information content (AvgIpc) is 2.35. The van der Waals surface area contributed by atoms with Gasteiger partial charge in [-0.05, 0) is 12.1 Å². The number of methoxy groups -OCH3 is 1. The Hall–Kier alpha value is -2.49. The number of hydrogen-bond donors (Lipinski definition) is 4. The largest absolute Gasteiger partial charge is 0.486 e. The summed E-state index contributed by atoms with van der Waals surface area (Å²) in [4.78, 5) is 10.8. The Labute approximate surface area is 115 Å². The summed E-state index contributed by atoms with van der Waals surface area (Å²) in [6, 6.07) is 5.93. The molecule has 0 bridgehead atoms. The van der Waals surface area contributed by atoms with E-state index in [-0.39, 0.29) is 18.1 Å². The molecule has 0 unspecified atom stereocenters. The summed E-state index contributed by atoms with van der Waals surface area (Å²) in [5, 5.41) is 7.02. The van der Waals surface area contributed by atoms with Gasteiger partial charge in [-0.1, -0.05) is 6.07 Å². The van der Waals surface area contributed by atoms with Crippen molar-refractivity contribution in [2.24, 2.45) is 5.73 Å². The number of anilines is 1. The lowest BCUT2D eigenvalue weighted by atomic mass is 10.3. The first-order chi connectivity index (χ1) is 9.32. The molecule has 1 aromatic carbocycles. The number of benzene rings is 1. The van der Waals surface area contributed by atoms with Crippen LogP contribution >= 0.6 is 0 Å². The van der Waals surface area contributed by atoms with Gasteiger partial charge >= 0.3 is 16.3 Å². The van der Waals surface area contributed by atoms with Crippen molar-refractivity contribution in [3.63, 3.8) is 0 Å². The number of rotatable bonds is 6. The topological polar surface area (TPSA) is 144 Å². The van der Waals surface area contributed by atoms with Gasteiger partial charge in [-0.15, -0.1) is 0 Å². The molecule has 0 aromatic heterocycles. The van der Waals surface area contributed by atoms with Gasteiger partial charge in [0.2, 0.25) is 0 Å². The van der Waals surface area contributed by atoms with E-state index >= 15 is 0 Å². The van der Waals surface area contributed by atoms with Crippen molar-refractivity contribution >= 4 is 27.8 Å². The van der Waals surface area contributed by atoms with Crippen molar-refractivity contribution in [2.75, 3.05) is 18.4 Å². The number of amidine groups is 1. The van der Waals surface area contributed by atoms with Crippen LogP contribution in [0.5, 0.6) is 5.75 Å². The highest BCUT2D eigenvalue weighted by Crippen LogP contribution is 2.17. The highest BCUT2D eigenvalue weighted by molar-refractivity contribution is 7.91. The minimum atomic E-state index is -4.09. The Morgan fingerprint density at radius 2 is 2.15 bits per heavy atom. The third-order valence-electron chi connectivity index (χ3n) is 1.88. The van der Waals surface area contributed by atoms with Gasteiger partial charge in [0.1, 0.15) is 18.2 Å². The molecule has 5 N–H and O–H groups in total. The first-order valence-corrected chi connectivity index (χ1v) is 6.75. The zero-order valence-electron chi connectivity index (χ0n) is 10.5. The molecule has 0 spiro atoms. The molecular formula is C10H14N4O5S. The summed E-state index contributed by atoms with van der Waals surface area (Å²) < 4.78 is 36.1. The maximum Gasteiger partial charge on any atom is 0.422 e. The third-order valence-corrected chi connectivity index (χ3v) is 2.82. The molecule has 0 aliphatic rings. The molecule has 9 nitrogen and oxygen atoms in total. The average molecular weight is 302 g/mol. The lowest BCUT2D eigenvalue weighted by Gasteiger charge is -2.10. The quantitative estimate of drug-likeness (QED) is 0.430. The highest BCUT2D eigenvalue weighted by Gasteiger charge is 2.14. The van der Waals surface area contributed by atoms with Crippen LogP contribution in [0.2, 0.25) is 0 Å². The zero-order chi connectivity index (χ0) is 15.2. The highest BCUT2D eigenvalue weighted by atomic mass is 32.2. The maximum absolute atomic E-state index is 11.5. The number of nitrogens with two attached hydrogens (primary N) is 1. The summed E-state index contributed by atoms with van der Waals surface area (Å²) >= 11 is 0. The fourth-order valence-corrected chi connectivity index (χ4v) is 1.93. The van der Waals surface area contributed by atoms with Gasteiger partial charge in [-0.2, -0.15) is 8.42 Å². The van der Waals surface area contributed by atoms with Crippen LogP contribution in [0.15, 0.2) is 24.3 Å². The van der Waals surface area contributed by atoms with E-state index in [1.165, 1.54) is 18.2 Å². The normalized spacial score (nSPS) is 10.4. The Balaban J connectivity index is 2.75. The van der Waals surface area contributed by atoms with Gasteiger partial charge in [-0.25, -0.2) is 9.52 Å². The maximum atomic E-state index is 11.5. The van der Waals surface area contributed by atoms with Crippen LogP contribution in [-0.4, -0.2) is 34.1 Å². The van der Waals surface area contributed by atoms with Crippen LogP contribution in [-0.2, 0) is 14.9 Å². The molecule has 20 heavy (non-hydrogen) atoms. The summed E-state index contributed by atoms with van der Waals surface area (Å²) in [5.41, 5.74) is 5.30. The molecule has 1 rings (SSSR count). The Morgan fingerprint density at radius 3 is 2.75 bits per heavy atom. The summed E-state index contributed by atoms with van der Waals surface area (Å²) in [6.07, 6.45) is -1.11. The van der Waals surface area contributed by atoms with Gasteiger partial charge < -0.3 is 15.2 Å². The minimum absolute atomic E-state index is 0.114. The molecule has 0 saturated carbocycles. The van der Waals surface area contributed by atoms with E-state index in [1.54, 1.807) is 10.8 Å². The van der Waals surface area contributed by atoms with Crippen LogP contribution in [0, 0.1) is 5.41 Å². The van der Waals surface area contributed by atoms with Crippen LogP contribution in [0.1, 0.15) is 0 Å². The van der Waals surface area contributed by atoms with Crippen molar-refractivity contribution in [3.05, 3.63) is 24.3 Å². The van der Waals surface area contributed by atoms with E-state index in [4.69, 9.17) is 15.9 Å². The van der Waals surface area contributed by atoms with Gasteiger partial charge in [0.05, 0.1) is 12.8 Å². The second-order valence-electron chi connectivity index (χ2n) is 3.54. The molecule has 0 aliphatic carbocycles. The monoisotopic (exact) mass is 302 g/mol. The van der Waals surface area contributed by atoms with E-state index in [0.717, 1.165) is 7.11 Å². The fourth-order valence-electron chi connectivity index (χ4n) is 1.14. The number of ether oxygens (including phenoxy) is 2. The van der Waals surface area contributed by atoms with Gasteiger partial charge in [0.25, 0.3) is 0 Å². The number of amides is 1. The summed E-state index contributed by atoms with van der Waals surface area (Å²) in [7, 11) is -3.05. The number of nitrogens with one attached hydrogen (secondary N) is 3. The second-order valence-corrected chi connectivity index (χ2v) is 4.96. The Bertz CT molecular complexity index is 601. The SMILES string of the molecule is COC(=O)NS(=O)(=O)Nc1cccc(OCC(=N)N)c1. The number of carbonyl (C=O) groups is 1. The number of carbonyl (C=O) groups excluding carboxylic acids is 1. The van der Waals surface area contributed by atoms with Gasteiger partial charge in [0, 0.05) is 6.07 Å². The van der Waals surface area contributed by atoms with E-state index in [2.05, 4.69) is 9.46 Å². The first-order valence-electron chi connectivity index (χ1n) is 5.26. The molecule has 110 valence electrons. The molecule has 0 heterocycles. The summed E-state index contributed by atoms with van der Waals surface area (Å²) in [5.74, 6) is 0.154. The first kappa shape index (κ1) is 15.6. The van der Waals surface area contributed by atoms with Crippen LogP contribution in [0.25, 0.3) is 0 Å². The molecule has 1 aromatic rings. The van der Waals surface area contributed by atoms with Crippen molar-refractivity contribution in [3.8, 4) is 5.75 Å². The van der Waals surface area contributed by atoms with Gasteiger partial charge in [-0.3, -0.25) is 10.1 Å². The third kappa shape index (κ3) is 5.44. The van der Waals surface area contributed by atoms with Crippen molar-refractivity contribution in [1.82, 2.24) is 4.72 Å². The summed E-state index contributed by atoms with van der Waals surface area (Å²) in [6.45, 7) is -0.114. The Kier molecular flexibility index (Phi) is 5.15. The lowest BCUT2D eigenvalue weighted by Crippen LogP contribution is -2.35. The predicted molar refractivity (Wildman–Crippen MR) is 71.9 cm³/mol. The molecule has 10 heteroatoms. The van der Waals surface area contributed by atoms with E-state index in [1.807, 2.05) is 0 Å². The molecule has 0 atom stereocenters. The molecule has 0 saturated heterocycles. The molecule has 0 radical (unpaired) electrons. The van der Waals surface area contributed by atoms with Crippen LogP contribution in [0.4, 0.5) is 10.5 Å². The van der Waals surface area contributed by atoms with Gasteiger partial charge in [0.15, 0.2) is 0 Å². The minimum Gasteiger partial charge on any atom is -0.486 e. The molecular weight excluding hydrogens is 288 g/mol. The van der Waals surface area contributed by atoms with Crippen LogP contribution < -0.4 is 19.9 Å². The lowest BCUT2D eigenvalue weighted by molar-refractivity contribution is 0.177. The molecule has 0 fully saturated rings. The van der Waals surface area contributed by atoms with Crippen molar-refractivity contribution in [2.45, 2.75) is 0 Å².